The molecule has 0 radical (unpaired) electrons. The highest BCUT2D eigenvalue weighted by Gasteiger charge is 2.12. The maximum absolute atomic E-state index is 12.3. The molecule has 0 aliphatic heterocycles. The number of methoxy groups -OCH3 is 1. The van der Waals surface area contributed by atoms with Crippen LogP contribution >= 0.6 is 11.6 Å². The van der Waals surface area contributed by atoms with Gasteiger partial charge in [0.25, 0.3) is 5.91 Å². The summed E-state index contributed by atoms with van der Waals surface area (Å²) in [6.07, 6.45) is 3.41. The minimum atomic E-state index is -0.214. The molecule has 0 spiro atoms. The Morgan fingerprint density at radius 1 is 1.11 bits per heavy atom. The second kappa shape index (κ2) is 13.0. The Bertz CT molecular complexity index is 1350. The van der Waals surface area contributed by atoms with Crippen LogP contribution in [-0.2, 0) is 16.0 Å². The first-order valence-electron chi connectivity index (χ1n) is 11.7. The minimum Gasteiger partial charge on any atom is -0.456 e. The molecule has 4 aromatic rings. The van der Waals surface area contributed by atoms with E-state index in [9.17, 15) is 4.79 Å². The van der Waals surface area contributed by atoms with E-state index in [0.29, 0.717) is 66.5 Å². The van der Waals surface area contributed by atoms with Gasteiger partial charge in [0.1, 0.15) is 23.3 Å². The zero-order valence-electron chi connectivity index (χ0n) is 20.3. The lowest BCUT2D eigenvalue weighted by atomic mass is 10.2. The largest absolute Gasteiger partial charge is 0.456 e. The number of carbonyl (C=O) groups is 1. The molecule has 0 unspecified atom stereocenters. The molecule has 2 heterocycles. The van der Waals surface area contributed by atoms with Crippen LogP contribution in [0.15, 0.2) is 61.1 Å². The SMILES string of the molecule is COCCNC(=O)c1cccc(Oc2ccc(Nc3ncnc4ccn(CCOCCO)c34)cc2Cl)c1. The predicted molar refractivity (Wildman–Crippen MR) is 141 cm³/mol. The number of aromatic nitrogens is 3. The number of hydrogen-bond acceptors (Lipinski definition) is 8. The fourth-order valence-corrected chi connectivity index (χ4v) is 3.85. The van der Waals surface area contributed by atoms with Crippen molar-refractivity contribution in [3.63, 3.8) is 0 Å². The summed E-state index contributed by atoms with van der Waals surface area (Å²) in [7, 11) is 1.58. The maximum Gasteiger partial charge on any atom is 0.251 e. The molecule has 4 rings (SSSR count). The second-order valence-electron chi connectivity index (χ2n) is 7.95. The van der Waals surface area contributed by atoms with E-state index >= 15 is 0 Å². The lowest BCUT2D eigenvalue weighted by Gasteiger charge is -2.13. The Balaban J connectivity index is 1.46. The number of ether oxygens (including phenoxy) is 3. The number of rotatable bonds is 13. The van der Waals surface area contributed by atoms with Crippen molar-refractivity contribution in [1.82, 2.24) is 19.9 Å². The van der Waals surface area contributed by atoms with Crippen molar-refractivity contribution in [2.45, 2.75) is 6.54 Å². The third-order valence-corrected chi connectivity index (χ3v) is 5.67. The summed E-state index contributed by atoms with van der Waals surface area (Å²) >= 11 is 6.53. The lowest BCUT2D eigenvalue weighted by molar-refractivity contribution is 0.0875. The number of nitrogens with zero attached hydrogens (tertiary/aromatic N) is 3. The zero-order valence-corrected chi connectivity index (χ0v) is 21.1. The van der Waals surface area contributed by atoms with E-state index in [-0.39, 0.29) is 12.5 Å². The van der Waals surface area contributed by atoms with Crippen molar-refractivity contribution in [3.05, 3.63) is 71.6 Å². The fraction of sp³-hybridized carbons (Fsp3) is 0.269. The van der Waals surface area contributed by atoms with Gasteiger partial charge in [-0.1, -0.05) is 17.7 Å². The molecular weight excluding hydrogens is 498 g/mol. The summed E-state index contributed by atoms with van der Waals surface area (Å²) < 4.78 is 18.3. The highest BCUT2D eigenvalue weighted by atomic mass is 35.5. The molecule has 1 amide bonds. The van der Waals surface area contributed by atoms with E-state index in [1.807, 2.05) is 22.9 Å². The van der Waals surface area contributed by atoms with Crippen molar-refractivity contribution in [3.8, 4) is 11.5 Å². The Morgan fingerprint density at radius 3 is 2.81 bits per heavy atom. The van der Waals surface area contributed by atoms with Gasteiger partial charge in [-0.2, -0.15) is 0 Å². The monoisotopic (exact) mass is 525 g/mol. The van der Waals surface area contributed by atoms with Crippen LogP contribution in [0.2, 0.25) is 5.02 Å². The third-order valence-electron chi connectivity index (χ3n) is 5.37. The Hall–Kier alpha value is -3.70. The molecule has 0 aliphatic rings. The number of benzene rings is 2. The second-order valence-corrected chi connectivity index (χ2v) is 8.36. The Morgan fingerprint density at radius 2 is 2.00 bits per heavy atom. The number of hydrogen-bond donors (Lipinski definition) is 3. The van der Waals surface area contributed by atoms with Crippen molar-refractivity contribution in [2.24, 2.45) is 0 Å². The summed E-state index contributed by atoms with van der Waals surface area (Å²) in [5.74, 6) is 1.34. The van der Waals surface area contributed by atoms with Crippen molar-refractivity contribution < 1.29 is 24.1 Å². The molecule has 0 saturated heterocycles. The molecule has 194 valence electrons. The van der Waals surface area contributed by atoms with E-state index < -0.39 is 0 Å². The molecule has 2 aromatic heterocycles. The molecule has 0 fully saturated rings. The molecule has 0 bridgehead atoms. The smallest absolute Gasteiger partial charge is 0.251 e. The van der Waals surface area contributed by atoms with Gasteiger partial charge in [-0.3, -0.25) is 4.79 Å². The topological polar surface area (TPSA) is 120 Å². The van der Waals surface area contributed by atoms with Crippen LogP contribution in [0, 0.1) is 0 Å². The van der Waals surface area contributed by atoms with E-state index in [2.05, 4.69) is 20.6 Å². The van der Waals surface area contributed by atoms with Gasteiger partial charge in [0.05, 0.1) is 37.0 Å². The van der Waals surface area contributed by atoms with Gasteiger partial charge in [0, 0.05) is 37.6 Å². The molecular formula is C26H28ClN5O5. The summed E-state index contributed by atoms with van der Waals surface area (Å²) in [6.45, 7) is 2.16. The van der Waals surface area contributed by atoms with E-state index in [4.69, 9.17) is 30.9 Å². The van der Waals surface area contributed by atoms with Gasteiger partial charge < -0.3 is 34.5 Å². The lowest BCUT2D eigenvalue weighted by Crippen LogP contribution is -2.26. The van der Waals surface area contributed by atoms with Gasteiger partial charge >= 0.3 is 0 Å². The first-order chi connectivity index (χ1) is 18.1. The van der Waals surface area contributed by atoms with Gasteiger partial charge in [-0.25, -0.2) is 9.97 Å². The quantitative estimate of drug-likeness (QED) is 0.224. The molecule has 2 aromatic carbocycles. The summed E-state index contributed by atoms with van der Waals surface area (Å²) in [5.41, 5.74) is 2.80. The molecule has 11 heteroatoms. The number of amides is 1. The zero-order chi connectivity index (χ0) is 26.0. The number of nitrogens with one attached hydrogen (secondary N) is 2. The molecule has 3 N–H and O–H groups in total. The number of aliphatic hydroxyl groups excluding tert-OH is 1. The number of aliphatic hydroxyl groups is 1. The molecule has 0 saturated carbocycles. The van der Waals surface area contributed by atoms with Crippen LogP contribution in [0.1, 0.15) is 10.4 Å². The van der Waals surface area contributed by atoms with E-state index in [1.165, 1.54) is 6.33 Å². The number of halogens is 1. The summed E-state index contributed by atoms with van der Waals surface area (Å²) in [5, 5.41) is 15.4. The van der Waals surface area contributed by atoms with Gasteiger partial charge in [0.2, 0.25) is 0 Å². The highest BCUT2D eigenvalue weighted by molar-refractivity contribution is 6.32. The average Bonchev–Trinajstić information content (AvgIpc) is 3.32. The van der Waals surface area contributed by atoms with Crippen LogP contribution < -0.4 is 15.4 Å². The first-order valence-corrected chi connectivity index (χ1v) is 12.1. The van der Waals surface area contributed by atoms with Crippen LogP contribution in [-0.4, -0.2) is 65.6 Å². The Labute approximate surface area is 219 Å². The minimum absolute atomic E-state index is 0.0154. The highest BCUT2D eigenvalue weighted by Crippen LogP contribution is 2.33. The number of fused-ring (bicyclic) bond motifs is 1. The maximum atomic E-state index is 12.3. The molecule has 0 aliphatic carbocycles. The fourth-order valence-electron chi connectivity index (χ4n) is 3.63. The van der Waals surface area contributed by atoms with E-state index in [0.717, 1.165) is 11.0 Å². The molecule has 10 nitrogen and oxygen atoms in total. The third kappa shape index (κ3) is 6.95. The average molecular weight is 526 g/mol. The van der Waals surface area contributed by atoms with Crippen LogP contribution in [0.25, 0.3) is 11.0 Å². The first kappa shape index (κ1) is 26.4. The van der Waals surface area contributed by atoms with Gasteiger partial charge in [0.15, 0.2) is 5.82 Å². The van der Waals surface area contributed by atoms with Gasteiger partial charge in [-0.05, 0) is 42.5 Å². The summed E-state index contributed by atoms with van der Waals surface area (Å²) in [6, 6.07) is 14.1. The normalized spacial score (nSPS) is 11.0. The van der Waals surface area contributed by atoms with Crippen LogP contribution in [0.5, 0.6) is 11.5 Å². The predicted octanol–water partition coefficient (Wildman–Crippen LogP) is 4.01. The number of carbonyl (C=O) groups excluding carboxylic acids is 1. The van der Waals surface area contributed by atoms with Crippen molar-refractivity contribution >= 4 is 40.0 Å². The summed E-state index contributed by atoms with van der Waals surface area (Å²) in [4.78, 5) is 21.1. The van der Waals surface area contributed by atoms with E-state index in [1.54, 1.807) is 43.5 Å². The van der Waals surface area contributed by atoms with Gasteiger partial charge in [-0.15, -0.1) is 0 Å². The van der Waals surface area contributed by atoms with Crippen molar-refractivity contribution in [2.75, 3.05) is 45.4 Å². The van der Waals surface area contributed by atoms with Crippen LogP contribution in [0.4, 0.5) is 11.5 Å². The Kier molecular flexibility index (Phi) is 9.28. The van der Waals surface area contributed by atoms with Crippen LogP contribution in [0.3, 0.4) is 0 Å². The molecule has 0 atom stereocenters. The number of anilines is 2. The molecule has 37 heavy (non-hydrogen) atoms. The van der Waals surface area contributed by atoms with Crippen molar-refractivity contribution in [1.29, 1.82) is 0 Å². The standard InChI is InChI=1S/C26H28ClN5O5/c1-35-12-8-28-26(34)18-3-2-4-20(15-18)37-23-6-5-19(16-21(23)27)31-25-24-22(29-17-30-25)7-9-32(24)10-13-36-14-11-33/h2-7,9,15-17,33H,8,10-14H2,1H3,(H,28,34)(H,29,30,31).